The molecule has 0 fully saturated rings. The number of benzene rings is 1. The van der Waals surface area contributed by atoms with Crippen LogP contribution in [-0.4, -0.2) is 43.8 Å². The quantitative estimate of drug-likeness (QED) is 0.261. The van der Waals surface area contributed by atoms with Crippen molar-refractivity contribution in [1.82, 2.24) is 16.0 Å². The molecule has 0 saturated heterocycles. The number of rotatable bonds is 10. The zero-order chi connectivity index (χ0) is 17.6. The Labute approximate surface area is 147 Å². The van der Waals surface area contributed by atoms with Crippen LogP contribution < -0.4 is 16.0 Å². The predicted molar refractivity (Wildman–Crippen MR) is 99.0 cm³/mol. The summed E-state index contributed by atoms with van der Waals surface area (Å²) in [6.45, 7) is 6.31. The Bertz CT molecular complexity index is 508. The van der Waals surface area contributed by atoms with Crippen molar-refractivity contribution in [3.05, 3.63) is 30.1 Å². The van der Waals surface area contributed by atoms with Crippen LogP contribution in [0, 0.1) is 5.82 Å². The van der Waals surface area contributed by atoms with E-state index in [1.54, 1.807) is 23.9 Å². The van der Waals surface area contributed by atoms with Gasteiger partial charge in [-0.1, -0.05) is 6.92 Å². The Morgan fingerprint density at radius 2 is 1.88 bits per heavy atom. The third kappa shape index (κ3) is 9.39. The smallest absolute Gasteiger partial charge is 0.241 e. The predicted octanol–water partition coefficient (Wildman–Crippen LogP) is 2.39. The highest BCUT2D eigenvalue weighted by atomic mass is 32.2. The van der Waals surface area contributed by atoms with Gasteiger partial charge in [-0.3, -0.25) is 4.79 Å². The number of halogens is 1. The van der Waals surface area contributed by atoms with Crippen LogP contribution in [0.15, 0.2) is 34.2 Å². The molecule has 0 saturated carbocycles. The molecule has 0 aliphatic heterocycles. The SMILES string of the molecule is CCCNC(=O)CN=C(NCC)NCCCSc1ccc(F)cc1. The number of hydrogen-bond donors (Lipinski definition) is 3. The summed E-state index contributed by atoms with van der Waals surface area (Å²) in [5, 5.41) is 9.13. The van der Waals surface area contributed by atoms with Crippen molar-refractivity contribution in [3.63, 3.8) is 0 Å². The average molecular weight is 354 g/mol. The van der Waals surface area contributed by atoms with Gasteiger partial charge in [-0.25, -0.2) is 9.38 Å². The lowest BCUT2D eigenvalue weighted by molar-refractivity contribution is -0.119. The molecule has 0 aliphatic carbocycles. The summed E-state index contributed by atoms with van der Waals surface area (Å²) in [6, 6.07) is 6.52. The largest absolute Gasteiger partial charge is 0.357 e. The van der Waals surface area contributed by atoms with Gasteiger partial charge >= 0.3 is 0 Å². The molecule has 5 nitrogen and oxygen atoms in total. The molecule has 0 aromatic heterocycles. The summed E-state index contributed by atoms with van der Waals surface area (Å²) in [5.41, 5.74) is 0. The minimum atomic E-state index is -0.213. The van der Waals surface area contributed by atoms with Gasteiger partial charge in [0.2, 0.25) is 5.91 Å². The molecule has 1 amide bonds. The van der Waals surface area contributed by atoms with Gasteiger partial charge in [0.25, 0.3) is 0 Å². The van der Waals surface area contributed by atoms with Crippen LogP contribution in [0.4, 0.5) is 4.39 Å². The van der Waals surface area contributed by atoms with E-state index in [-0.39, 0.29) is 18.3 Å². The van der Waals surface area contributed by atoms with Gasteiger partial charge < -0.3 is 16.0 Å². The first-order valence-electron chi connectivity index (χ1n) is 8.33. The van der Waals surface area contributed by atoms with E-state index >= 15 is 0 Å². The Morgan fingerprint density at radius 1 is 1.12 bits per heavy atom. The second-order valence-electron chi connectivity index (χ2n) is 5.13. The number of nitrogens with zero attached hydrogens (tertiary/aromatic N) is 1. The normalized spacial score (nSPS) is 11.2. The van der Waals surface area contributed by atoms with Crippen LogP contribution in [0.2, 0.25) is 0 Å². The zero-order valence-corrected chi connectivity index (χ0v) is 15.2. The molecule has 7 heteroatoms. The molecule has 0 spiro atoms. The van der Waals surface area contributed by atoms with Gasteiger partial charge in [0.15, 0.2) is 5.96 Å². The molecule has 24 heavy (non-hydrogen) atoms. The number of guanidine groups is 1. The van der Waals surface area contributed by atoms with E-state index in [1.807, 2.05) is 13.8 Å². The van der Waals surface area contributed by atoms with E-state index in [4.69, 9.17) is 0 Å². The van der Waals surface area contributed by atoms with Crippen molar-refractivity contribution in [2.45, 2.75) is 31.6 Å². The first-order chi connectivity index (χ1) is 11.7. The van der Waals surface area contributed by atoms with Crippen LogP contribution in [0.3, 0.4) is 0 Å². The maximum atomic E-state index is 12.8. The Morgan fingerprint density at radius 3 is 2.54 bits per heavy atom. The van der Waals surface area contributed by atoms with Crippen molar-refractivity contribution < 1.29 is 9.18 Å². The van der Waals surface area contributed by atoms with Gasteiger partial charge in [0.05, 0.1) is 0 Å². The van der Waals surface area contributed by atoms with Crippen LogP contribution in [0.25, 0.3) is 0 Å². The van der Waals surface area contributed by atoms with Gasteiger partial charge in [-0.05, 0) is 49.8 Å². The molecule has 0 bridgehead atoms. The highest BCUT2D eigenvalue weighted by Crippen LogP contribution is 2.18. The summed E-state index contributed by atoms with van der Waals surface area (Å²) in [5.74, 6) is 1.29. The average Bonchev–Trinajstić information content (AvgIpc) is 2.59. The van der Waals surface area contributed by atoms with Crippen LogP contribution in [-0.2, 0) is 4.79 Å². The summed E-state index contributed by atoms with van der Waals surface area (Å²) < 4.78 is 12.8. The highest BCUT2D eigenvalue weighted by Gasteiger charge is 2.01. The Kier molecular flexibility index (Phi) is 10.7. The lowest BCUT2D eigenvalue weighted by Gasteiger charge is -2.11. The lowest BCUT2D eigenvalue weighted by atomic mass is 10.4. The molecule has 1 aromatic carbocycles. The maximum Gasteiger partial charge on any atom is 0.241 e. The minimum absolute atomic E-state index is 0.0686. The van der Waals surface area contributed by atoms with Gasteiger partial charge in [0, 0.05) is 24.5 Å². The van der Waals surface area contributed by atoms with Gasteiger partial charge in [-0.2, -0.15) is 0 Å². The Balaban J connectivity index is 2.25. The molecule has 1 aromatic rings. The number of amides is 1. The molecular weight excluding hydrogens is 327 g/mol. The molecular formula is C17H27FN4OS. The van der Waals surface area contributed by atoms with Crippen molar-refractivity contribution in [2.24, 2.45) is 4.99 Å². The van der Waals surface area contributed by atoms with E-state index in [0.717, 1.165) is 36.6 Å². The number of aliphatic imine (C=N–C) groups is 1. The van der Waals surface area contributed by atoms with Crippen molar-refractivity contribution >= 4 is 23.6 Å². The summed E-state index contributed by atoms with van der Waals surface area (Å²) in [7, 11) is 0. The topological polar surface area (TPSA) is 65.5 Å². The van der Waals surface area contributed by atoms with Gasteiger partial charge in [0.1, 0.15) is 12.4 Å². The molecule has 134 valence electrons. The maximum absolute atomic E-state index is 12.8. The number of hydrogen-bond acceptors (Lipinski definition) is 3. The van der Waals surface area contributed by atoms with E-state index in [0.29, 0.717) is 12.5 Å². The number of carbonyl (C=O) groups is 1. The number of nitrogens with one attached hydrogen (secondary N) is 3. The molecule has 0 aliphatic rings. The van der Waals surface area contributed by atoms with E-state index in [2.05, 4.69) is 20.9 Å². The highest BCUT2D eigenvalue weighted by molar-refractivity contribution is 7.99. The fraction of sp³-hybridized carbons (Fsp3) is 0.529. The lowest BCUT2D eigenvalue weighted by Crippen LogP contribution is -2.39. The van der Waals surface area contributed by atoms with Crippen LogP contribution in [0.1, 0.15) is 26.7 Å². The zero-order valence-electron chi connectivity index (χ0n) is 14.4. The molecule has 0 atom stereocenters. The second-order valence-corrected chi connectivity index (χ2v) is 6.30. The molecule has 0 heterocycles. The van der Waals surface area contributed by atoms with Crippen LogP contribution in [0.5, 0.6) is 0 Å². The first-order valence-corrected chi connectivity index (χ1v) is 9.31. The fourth-order valence-corrected chi connectivity index (χ4v) is 2.67. The van der Waals surface area contributed by atoms with E-state index in [9.17, 15) is 9.18 Å². The summed E-state index contributed by atoms with van der Waals surface area (Å²) in [4.78, 5) is 16.9. The monoisotopic (exact) mass is 354 g/mol. The molecule has 0 unspecified atom stereocenters. The Hall–Kier alpha value is -1.76. The number of carbonyl (C=O) groups excluding carboxylic acids is 1. The third-order valence-corrected chi connectivity index (χ3v) is 4.09. The molecule has 1 rings (SSSR count). The number of thioether (sulfide) groups is 1. The van der Waals surface area contributed by atoms with E-state index in [1.165, 1.54) is 12.1 Å². The third-order valence-electron chi connectivity index (χ3n) is 2.99. The van der Waals surface area contributed by atoms with Crippen molar-refractivity contribution in [3.8, 4) is 0 Å². The summed E-state index contributed by atoms with van der Waals surface area (Å²) in [6.07, 6.45) is 1.86. The fourth-order valence-electron chi connectivity index (χ4n) is 1.81. The first kappa shape index (κ1) is 20.3. The van der Waals surface area contributed by atoms with Crippen molar-refractivity contribution in [2.75, 3.05) is 31.9 Å². The second kappa shape index (κ2) is 12.6. The summed E-state index contributed by atoms with van der Waals surface area (Å²) >= 11 is 1.69. The van der Waals surface area contributed by atoms with Gasteiger partial charge in [-0.15, -0.1) is 11.8 Å². The molecule has 3 N–H and O–H groups in total. The molecule has 0 radical (unpaired) electrons. The minimum Gasteiger partial charge on any atom is -0.357 e. The standard InChI is InChI=1S/C17H27FN4OS/c1-3-10-20-16(23)13-22-17(19-4-2)21-11-5-12-24-15-8-6-14(18)7-9-15/h6-9H,3-5,10-13H2,1-2H3,(H,20,23)(H2,19,21,22). The van der Waals surface area contributed by atoms with Crippen molar-refractivity contribution in [1.29, 1.82) is 0 Å². The van der Waals surface area contributed by atoms with Crippen LogP contribution >= 0.6 is 11.8 Å². The van der Waals surface area contributed by atoms with E-state index < -0.39 is 0 Å².